The highest BCUT2D eigenvalue weighted by molar-refractivity contribution is 7.94. The molecule has 0 saturated heterocycles. The minimum absolute atomic E-state index is 0.00393. The molecule has 0 aromatic heterocycles. The number of carbonyl (C=O) groups excluding carboxylic acids is 4. The number of amides is 4. The molecule has 0 aliphatic carbocycles. The lowest BCUT2D eigenvalue weighted by atomic mass is 9.82. The molecule has 6 aromatic carbocycles. The number of methoxy groups -OCH3 is 1. The van der Waals surface area contributed by atoms with Crippen LogP contribution in [0.5, 0.6) is 0 Å². The predicted molar refractivity (Wildman–Crippen MR) is 201 cm³/mol. The summed E-state index contributed by atoms with van der Waals surface area (Å²) in [5.41, 5.74) is 1.70. The van der Waals surface area contributed by atoms with Crippen molar-refractivity contribution in [3.8, 4) is 0 Å². The van der Waals surface area contributed by atoms with Crippen LogP contribution in [0.1, 0.15) is 55.3 Å². The number of benzene rings is 6. The maximum absolute atomic E-state index is 14.0. The van der Waals surface area contributed by atoms with Gasteiger partial charge in [0.15, 0.2) is 9.84 Å². The van der Waals surface area contributed by atoms with E-state index in [0.717, 1.165) is 42.6 Å². The minimum atomic E-state index is -3.70. The number of hydrogen-bond acceptors (Lipinski definition) is 9. The van der Waals surface area contributed by atoms with Gasteiger partial charge in [0.25, 0.3) is 23.6 Å². The normalized spacial score (nSPS) is 15.8. The molecule has 12 heteroatoms. The van der Waals surface area contributed by atoms with Crippen LogP contribution in [0.25, 0.3) is 43.1 Å². The van der Waals surface area contributed by atoms with Crippen LogP contribution in [0.15, 0.2) is 89.7 Å². The van der Waals surface area contributed by atoms with E-state index < -0.39 is 39.5 Å². The van der Waals surface area contributed by atoms with Gasteiger partial charge in [-0.25, -0.2) is 13.3 Å². The van der Waals surface area contributed by atoms with E-state index in [1.165, 1.54) is 29.2 Å². The standard InChI is InChI=1S/C41H34N2O9S/c1-5-53(48,49)25-8-6-24(7-9-25)43-40(46)32-16-12-28-26-10-14-30-36-31(15-11-27(34(26)36)29-13-17-33(41(43)47)37(32)35(28)29)39(45)42(38(30)44)22(2)20-52-23(3)21-51-19-18-50-4/h5-17,22-23H,1,18-21H2,2-4H3. The lowest BCUT2D eigenvalue weighted by Crippen LogP contribution is -2.48. The van der Waals surface area contributed by atoms with E-state index in [4.69, 9.17) is 14.2 Å². The topological polar surface area (TPSA) is 137 Å². The summed E-state index contributed by atoms with van der Waals surface area (Å²) in [7, 11) is -2.10. The lowest BCUT2D eigenvalue weighted by molar-refractivity contribution is -0.0312. The van der Waals surface area contributed by atoms with Crippen LogP contribution in [0.4, 0.5) is 5.69 Å². The first-order chi connectivity index (χ1) is 25.5. The third-order valence-electron chi connectivity index (χ3n) is 10.2. The zero-order valence-electron chi connectivity index (χ0n) is 29.2. The van der Waals surface area contributed by atoms with Crippen LogP contribution in [0.2, 0.25) is 0 Å². The number of fused-ring (bicyclic) bond motifs is 2. The Morgan fingerprint density at radius 2 is 1.11 bits per heavy atom. The van der Waals surface area contributed by atoms with E-state index in [2.05, 4.69) is 6.58 Å². The number of sulfone groups is 1. The summed E-state index contributed by atoms with van der Waals surface area (Å²) in [6.07, 6.45) is -0.254. The fourth-order valence-corrected chi connectivity index (χ4v) is 8.33. The van der Waals surface area contributed by atoms with Crippen molar-refractivity contribution in [2.24, 2.45) is 0 Å². The molecule has 11 nitrogen and oxygen atoms in total. The molecule has 0 spiro atoms. The molecule has 4 amide bonds. The van der Waals surface area contributed by atoms with Crippen LogP contribution < -0.4 is 4.90 Å². The first-order valence-electron chi connectivity index (χ1n) is 17.1. The molecule has 0 saturated carbocycles. The monoisotopic (exact) mass is 730 g/mol. The molecule has 2 heterocycles. The van der Waals surface area contributed by atoms with Crippen molar-refractivity contribution in [1.82, 2.24) is 4.90 Å². The van der Waals surface area contributed by atoms with E-state index in [9.17, 15) is 27.6 Å². The number of carbonyl (C=O) groups is 4. The van der Waals surface area contributed by atoms with Gasteiger partial charge in [0.2, 0.25) is 0 Å². The van der Waals surface area contributed by atoms with Crippen molar-refractivity contribution in [2.45, 2.75) is 30.9 Å². The van der Waals surface area contributed by atoms with Crippen LogP contribution in [0, 0.1) is 0 Å². The molecule has 8 rings (SSSR count). The molecule has 0 bridgehead atoms. The van der Waals surface area contributed by atoms with Gasteiger partial charge in [-0.1, -0.05) is 30.8 Å². The van der Waals surface area contributed by atoms with Gasteiger partial charge in [0, 0.05) is 45.5 Å². The van der Waals surface area contributed by atoms with Crippen molar-refractivity contribution in [3.63, 3.8) is 0 Å². The number of imide groups is 2. The second-order valence-electron chi connectivity index (χ2n) is 13.3. The Bertz CT molecular complexity index is 2550. The molecule has 2 aliphatic heterocycles. The lowest BCUT2D eigenvalue weighted by Gasteiger charge is -2.33. The second-order valence-corrected chi connectivity index (χ2v) is 15.2. The Morgan fingerprint density at radius 1 is 0.642 bits per heavy atom. The molecule has 268 valence electrons. The third-order valence-corrected chi connectivity index (χ3v) is 11.5. The molecule has 2 unspecified atom stereocenters. The molecule has 2 atom stereocenters. The summed E-state index contributed by atoms with van der Waals surface area (Å²) in [4.78, 5) is 58.5. The number of ether oxygens (including phenoxy) is 3. The molecule has 0 N–H and O–H groups in total. The van der Waals surface area contributed by atoms with E-state index in [-0.39, 0.29) is 23.3 Å². The third kappa shape index (κ3) is 5.24. The summed E-state index contributed by atoms with van der Waals surface area (Å²) >= 11 is 0. The fraction of sp³-hybridized carbons (Fsp3) is 0.220. The maximum Gasteiger partial charge on any atom is 0.265 e. The van der Waals surface area contributed by atoms with E-state index in [1.54, 1.807) is 38.3 Å². The van der Waals surface area contributed by atoms with Gasteiger partial charge < -0.3 is 14.2 Å². The number of hydrogen-bond donors (Lipinski definition) is 0. The van der Waals surface area contributed by atoms with Crippen LogP contribution in [0.3, 0.4) is 0 Å². The first kappa shape index (κ1) is 34.6. The predicted octanol–water partition coefficient (Wildman–Crippen LogP) is 6.51. The summed E-state index contributed by atoms with van der Waals surface area (Å²) in [5.74, 6) is -1.89. The van der Waals surface area contributed by atoms with Gasteiger partial charge in [-0.3, -0.25) is 24.1 Å². The van der Waals surface area contributed by atoms with Gasteiger partial charge in [-0.2, -0.15) is 0 Å². The number of anilines is 1. The van der Waals surface area contributed by atoms with E-state index >= 15 is 0 Å². The SMILES string of the molecule is C=CS(=O)(=O)c1ccc(N2C(=O)c3ccc4c5ccc6c7c(ccc(c8ccc(c3c48)C2=O)c75)C(=O)N(C(C)COC(C)COCCOC)C6=O)cc1. The average molecular weight is 731 g/mol. The van der Waals surface area contributed by atoms with Gasteiger partial charge in [0.1, 0.15) is 0 Å². The van der Waals surface area contributed by atoms with Crippen molar-refractivity contribution in [1.29, 1.82) is 0 Å². The van der Waals surface area contributed by atoms with Crippen molar-refractivity contribution >= 4 is 82.2 Å². The van der Waals surface area contributed by atoms with E-state index in [0.29, 0.717) is 52.8 Å². The van der Waals surface area contributed by atoms with Crippen molar-refractivity contribution in [3.05, 3.63) is 107 Å². The Morgan fingerprint density at radius 3 is 1.57 bits per heavy atom. The second kappa shape index (κ2) is 12.8. The maximum atomic E-state index is 14.0. The zero-order valence-corrected chi connectivity index (χ0v) is 30.0. The highest BCUT2D eigenvalue weighted by atomic mass is 32.2. The molecule has 2 aliphatic rings. The van der Waals surface area contributed by atoms with Crippen LogP contribution >= 0.6 is 0 Å². The van der Waals surface area contributed by atoms with Gasteiger partial charge in [-0.15, -0.1) is 0 Å². The van der Waals surface area contributed by atoms with E-state index in [1.807, 2.05) is 31.2 Å². The fourth-order valence-electron chi connectivity index (χ4n) is 7.62. The van der Waals surface area contributed by atoms with Crippen LogP contribution in [-0.2, 0) is 24.0 Å². The van der Waals surface area contributed by atoms with Crippen LogP contribution in [-0.4, -0.2) is 82.6 Å². The molecule has 6 aromatic rings. The summed E-state index contributed by atoms with van der Waals surface area (Å²) < 4.78 is 41.0. The summed E-state index contributed by atoms with van der Waals surface area (Å²) in [6.45, 7) is 8.39. The Hall–Kier alpha value is -5.53. The molecule has 0 radical (unpaired) electrons. The largest absolute Gasteiger partial charge is 0.382 e. The first-order valence-corrected chi connectivity index (χ1v) is 18.7. The highest BCUT2D eigenvalue weighted by Crippen LogP contribution is 2.46. The Kier molecular flexibility index (Phi) is 8.38. The number of nitrogens with zero attached hydrogens (tertiary/aromatic N) is 2. The van der Waals surface area contributed by atoms with Gasteiger partial charge >= 0.3 is 0 Å². The zero-order chi connectivity index (χ0) is 37.3. The summed E-state index contributed by atoms with van der Waals surface area (Å²) in [6, 6.07) is 19.2. The van der Waals surface area contributed by atoms with Crippen molar-refractivity contribution < 1.29 is 41.8 Å². The highest BCUT2D eigenvalue weighted by Gasteiger charge is 2.39. The summed E-state index contributed by atoms with van der Waals surface area (Å²) in [5, 5.41) is 6.52. The molecule has 53 heavy (non-hydrogen) atoms. The van der Waals surface area contributed by atoms with Crippen molar-refractivity contribution in [2.75, 3.05) is 38.4 Å². The smallest absolute Gasteiger partial charge is 0.265 e. The van der Waals surface area contributed by atoms with Gasteiger partial charge in [-0.05, 0) is 94.7 Å². The molecular formula is C41H34N2O9S. The molecular weight excluding hydrogens is 697 g/mol. The van der Waals surface area contributed by atoms with Gasteiger partial charge in [0.05, 0.1) is 49.2 Å². The Balaban J connectivity index is 1.19. The minimum Gasteiger partial charge on any atom is -0.382 e. The average Bonchev–Trinajstić information content (AvgIpc) is 3.16. The number of rotatable bonds is 12. The molecule has 0 fully saturated rings. The quantitative estimate of drug-likeness (QED) is 0.0598. The Labute approximate surface area is 304 Å².